The van der Waals surface area contributed by atoms with E-state index in [0.717, 1.165) is 32.2 Å². The number of carbonyl (C=O) groups is 1. The molecule has 1 aliphatic carbocycles. The molecule has 1 fully saturated rings. The number of aromatic nitrogens is 1. The highest BCUT2D eigenvalue weighted by atomic mass is 16.5. The summed E-state index contributed by atoms with van der Waals surface area (Å²) in [5.41, 5.74) is 4.17. The Morgan fingerprint density at radius 1 is 1.35 bits per heavy atom. The van der Waals surface area contributed by atoms with Crippen LogP contribution < -0.4 is 0 Å². The van der Waals surface area contributed by atoms with Crippen molar-refractivity contribution in [1.29, 1.82) is 0 Å². The highest BCUT2D eigenvalue weighted by Gasteiger charge is 2.39. The van der Waals surface area contributed by atoms with E-state index >= 15 is 0 Å². The fraction of sp³-hybridized carbons (Fsp3) is 0.591. The summed E-state index contributed by atoms with van der Waals surface area (Å²) in [5.74, 6) is 0.973. The molecule has 26 heavy (non-hydrogen) atoms. The normalized spacial score (nSPS) is 25.5. The van der Waals surface area contributed by atoms with Crippen LogP contribution in [-0.2, 0) is 16.0 Å². The minimum absolute atomic E-state index is 0.0153. The maximum absolute atomic E-state index is 12.3. The summed E-state index contributed by atoms with van der Waals surface area (Å²) < 4.78 is 5.71. The Kier molecular flexibility index (Phi) is 4.78. The third-order valence-corrected chi connectivity index (χ3v) is 6.59. The zero-order valence-corrected chi connectivity index (χ0v) is 16.1. The summed E-state index contributed by atoms with van der Waals surface area (Å²) in [6.45, 7) is 5.68. The van der Waals surface area contributed by atoms with E-state index in [2.05, 4.69) is 55.2 Å². The van der Waals surface area contributed by atoms with E-state index in [4.69, 9.17) is 4.74 Å². The van der Waals surface area contributed by atoms with E-state index in [1.807, 2.05) is 0 Å². The van der Waals surface area contributed by atoms with E-state index in [9.17, 15) is 4.79 Å². The molecule has 1 N–H and O–H groups in total. The van der Waals surface area contributed by atoms with Crippen molar-refractivity contribution in [1.82, 2.24) is 9.88 Å². The first-order chi connectivity index (χ1) is 12.6. The third kappa shape index (κ3) is 2.94. The molecular weight excluding hydrogens is 324 g/mol. The molecule has 0 unspecified atom stereocenters. The highest BCUT2D eigenvalue weighted by molar-refractivity contribution is 5.88. The number of nitrogens with one attached hydrogen (secondary N) is 1. The molecule has 0 radical (unpaired) electrons. The number of hydrogen-bond donors (Lipinski definition) is 1. The Hall–Kier alpha value is -1.81. The van der Waals surface area contributed by atoms with Crippen molar-refractivity contribution in [3.8, 4) is 0 Å². The second kappa shape index (κ2) is 7.07. The average Bonchev–Trinajstić information content (AvgIpc) is 3.06. The van der Waals surface area contributed by atoms with Gasteiger partial charge in [0.15, 0.2) is 0 Å². The lowest BCUT2D eigenvalue weighted by molar-refractivity contribution is -0.151. The fourth-order valence-electron chi connectivity index (χ4n) is 5.11. The summed E-state index contributed by atoms with van der Waals surface area (Å²) in [5, 5.41) is 1.43. The molecule has 1 aliphatic heterocycles. The van der Waals surface area contributed by atoms with Gasteiger partial charge in [0.1, 0.15) is 0 Å². The van der Waals surface area contributed by atoms with E-state index < -0.39 is 0 Å². The lowest BCUT2D eigenvalue weighted by Crippen LogP contribution is -2.48. The summed E-state index contributed by atoms with van der Waals surface area (Å²) in [7, 11) is 2.23. The van der Waals surface area contributed by atoms with Gasteiger partial charge in [-0.25, -0.2) is 0 Å². The molecule has 140 valence electrons. The molecule has 0 saturated carbocycles. The van der Waals surface area contributed by atoms with Crippen molar-refractivity contribution in [2.24, 2.45) is 11.8 Å². The second-order valence-corrected chi connectivity index (χ2v) is 8.15. The first-order valence-electron chi connectivity index (χ1n) is 10.1. The largest absolute Gasteiger partial charge is 0.465 e. The lowest BCUT2D eigenvalue weighted by Gasteiger charge is -2.45. The number of likely N-dealkylation sites (tertiary alicyclic amines) is 1. The average molecular weight is 354 g/mol. The fourth-order valence-corrected chi connectivity index (χ4v) is 5.11. The van der Waals surface area contributed by atoms with Crippen LogP contribution in [0.1, 0.15) is 50.2 Å². The van der Waals surface area contributed by atoms with Crippen LogP contribution in [-0.4, -0.2) is 42.1 Å². The number of piperidine rings is 1. The van der Waals surface area contributed by atoms with Crippen molar-refractivity contribution < 1.29 is 9.53 Å². The number of esters is 1. The number of likely N-dealkylation sites (N-methyl/N-ethyl adjacent to an activating group) is 1. The van der Waals surface area contributed by atoms with Gasteiger partial charge in [0.25, 0.3) is 0 Å². The number of aromatic amines is 1. The van der Waals surface area contributed by atoms with Crippen LogP contribution >= 0.6 is 0 Å². The van der Waals surface area contributed by atoms with Crippen LogP contribution in [0.2, 0.25) is 0 Å². The third-order valence-electron chi connectivity index (χ3n) is 6.59. The van der Waals surface area contributed by atoms with Gasteiger partial charge in [-0.1, -0.05) is 26.0 Å². The maximum Gasteiger partial charge on any atom is 0.308 e. The van der Waals surface area contributed by atoms with Crippen molar-refractivity contribution >= 4 is 16.9 Å². The number of hydrogen-bond acceptors (Lipinski definition) is 3. The van der Waals surface area contributed by atoms with Crippen LogP contribution in [0.25, 0.3) is 10.9 Å². The van der Waals surface area contributed by atoms with Gasteiger partial charge in [-0.2, -0.15) is 0 Å². The van der Waals surface area contributed by atoms with Crippen LogP contribution in [0.4, 0.5) is 0 Å². The van der Waals surface area contributed by atoms with Crippen LogP contribution in [0.3, 0.4) is 0 Å². The van der Waals surface area contributed by atoms with Gasteiger partial charge in [-0.3, -0.25) is 4.79 Å². The summed E-state index contributed by atoms with van der Waals surface area (Å²) in [6, 6.07) is 7.18. The predicted octanol–water partition coefficient (Wildman–Crippen LogP) is 4.11. The second-order valence-electron chi connectivity index (χ2n) is 8.15. The van der Waals surface area contributed by atoms with Gasteiger partial charge < -0.3 is 14.6 Å². The van der Waals surface area contributed by atoms with Gasteiger partial charge in [0, 0.05) is 41.5 Å². The van der Waals surface area contributed by atoms with E-state index in [-0.39, 0.29) is 11.9 Å². The van der Waals surface area contributed by atoms with Crippen molar-refractivity contribution in [3.63, 3.8) is 0 Å². The zero-order chi connectivity index (χ0) is 18.3. The Morgan fingerprint density at radius 2 is 2.15 bits per heavy atom. The number of fused-ring (bicyclic) bond motifs is 2. The van der Waals surface area contributed by atoms with Crippen LogP contribution in [0.5, 0.6) is 0 Å². The number of H-pyrrole nitrogens is 1. The standard InChI is InChI=1S/C22H30N2O2/c1-4-15(5-2)22(25)26-13-14-9-18-17-7-6-8-19-21(17)16(11-23-19)10-20(18)24(3)12-14/h6-8,11,14-15,18,20,23H,4-5,9-10,12-13H2,1-3H3/t14-,18-,20-/m1/s1. The van der Waals surface area contributed by atoms with Gasteiger partial charge in [-0.05, 0) is 49.9 Å². The van der Waals surface area contributed by atoms with Crippen LogP contribution in [0.15, 0.2) is 24.4 Å². The number of rotatable bonds is 5. The van der Waals surface area contributed by atoms with E-state index in [0.29, 0.717) is 24.5 Å². The molecule has 4 heteroatoms. The smallest absolute Gasteiger partial charge is 0.308 e. The number of carbonyl (C=O) groups excluding carboxylic acids is 1. The molecule has 0 amide bonds. The first kappa shape index (κ1) is 17.6. The van der Waals surface area contributed by atoms with Gasteiger partial charge in [-0.15, -0.1) is 0 Å². The molecule has 4 rings (SSSR count). The molecule has 3 atom stereocenters. The van der Waals surface area contributed by atoms with E-state index in [1.54, 1.807) is 0 Å². The van der Waals surface area contributed by atoms with Gasteiger partial charge in [0.2, 0.25) is 0 Å². The Morgan fingerprint density at radius 3 is 2.92 bits per heavy atom. The molecule has 2 aliphatic rings. The minimum atomic E-state index is -0.0153. The SMILES string of the molecule is CCC(CC)C(=O)OC[C@@H]1C[C@@H]2c3cccc4[nH]cc(c34)C[C@H]2N(C)C1. The Balaban J connectivity index is 1.51. The molecule has 1 aromatic carbocycles. The molecule has 2 aromatic rings. The Bertz CT molecular complexity index is 793. The number of nitrogens with zero attached hydrogens (tertiary/aromatic N) is 1. The van der Waals surface area contributed by atoms with Gasteiger partial charge >= 0.3 is 5.97 Å². The highest BCUT2D eigenvalue weighted by Crippen LogP contribution is 2.44. The molecule has 4 nitrogen and oxygen atoms in total. The minimum Gasteiger partial charge on any atom is -0.465 e. The molecular formula is C22H30N2O2. The molecule has 0 bridgehead atoms. The van der Waals surface area contributed by atoms with Crippen LogP contribution in [0, 0.1) is 11.8 Å². The predicted molar refractivity (Wildman–Crippen MR) is 104 cm³/mol. The lowest BCUT2D eigenvalue weighted by atomic mass is 9.72. The van der Waals surface area contributed by atoms with Crippen molar-refractivity contribution in [2.45, 2.75) is 51.5 Å². The van der Waals surface area contributed by atoms with Crippen molar-refractivity contribution in [2.75, 3.05) is 20.2 Å². The summed E-state index contributed by atoms with van der Waals surface area (Å²) in [4.78, 5) is 18.2. The maximum atomic E-state index is 12.3. The molecule has 0 spiro atoms. The number of benzene rings is 1. The quantitative estimate of drug-likeness (QED) is 0.822. The monoisotopic (exact) mass is 354 g/mol. The van der Waals surface area contributed by atoms with Gasteiger partial charge in [0.05, 0.1) is 12.5 Å². The molecule has 1 aromatic heterocycles. The van der Waals surface area contributed by atoms with E-state index in [1.165, 1.54) is 22.0 Å². The first-order valence-corrected chi connectivity index (χ1v) is 10.1. The zero-order valence-electron chi connectivity index (χ0n) is 16.1. The topological polar surface area (TPSA) is 45.3 Å². The molecule has 2 heterocycles. The summed E-state index contributed by atoms with van der Waals surface area (Å²) in [6.07, 6.45) is 6.13. The molecule has 1 saturated heterocycles. The van der Waals surface area contributed by atoms with Crippen molar-refractivity contribution in [3.05, 3.63) is 35.5 Å². The summed E-state index contributed by atoms with van der Waals surface area (Å²) >= 11 is 0. The Labute approximate surface area is 155 Å². The number of ether oxygens (including phenoxy) is 1.